The smallest absolute Gasteiger partial charge is 0.144 e. The normalized spacial score (nSPS) is 15.0. The minimum Gasteiger partial charge on any atom is -0.494 e. The highest BCUT2D eigenvalue weighted by atomic mass is 35.5. The predicted octanol–water partition coefficient (Wildman–Crippen LogP) is 4.06. The van der Waals surface area contributed by atoms with Crippen LogP contribution >= 0.6 is 11.6 Å². The number of nitrogens with two attached hydrogens (primary N) is 1. The number of piperidine rings is 1. The molecule has 1 aliphatic rings. The Morgan fingerprint density at radius 2 is 2.03 bits per heavy atom. The van der Waals surface area contributed by atoms with E-state index in [2.05, 4.69) is 21.3 Å². The van der Waals surface area contributed by atoms with Crippen LogP contribution < -0.4 is 20.7 Å². The maximum Gasteiger partial charge on any atom is 0.144 e. The number of nitrogens with zero attached hydrogens (tertiary/aromatic N) is 2. The number of rotatable bonds is 5. The zero-order valence-corrected chi connectivity index (χ0v) is 17.1. The average Bonchev–Trinajstić information content (AvgIpc) is 2.75. The van der Waals surface area contributed by atoms with Crippen LogP contribution in [0.5, 0.6) is 5.75 Å². The molecule has 7 heteroatoms. The van der Waals surface area contributed by atoms with Crippen LogP contribution in [0.2, 0.25) is 5.02 Å². The second kappa shape index (κ2) is 8.45. The fourth-order valence-electron chi connectivity index (χ4n) is 3.75. The summed E-state index contributed by atoms with van der Waals surface area (Å²) in [6, 6.07) is 11.9. The number of fused-ring (bicyclic) bond motifs is 1. The van der Waals surface area contributed by atoms with Crippen molar-refractivity contribution in [3.63, 3.8) is 0 Å². The minimum absolute atomic E-state index is 0.133. The molecule has 2 heterocycles. The van der Waals surface area contributed by atoms with E-state index in [9.17, 15) is 5.11 Å². The van der Waals surface area contributed by atoms with Gasteiger partial charge in [0.15, 0.2) is 0 Å². The first-order valence-corrected chi connectivity index (χ1v) is 10.1. The number of aliphatic hydroxyl groups is 1. The standard InChI is InChI=1S/C22H25ClN4O2/c1-29-21-11-17(27-8-6-16(24)7-9-27)3-5-20(21)26-22-14(13-28)12-25-19-4-2-15(23)10-18(19)22/h2-5,10-12,16,28H,6-9,13,24H2,1H3,(H,25,26). The first-order valence-electron chi connectivity index (χ1n) is 9.72. The SMILES string of the molecule is COc1cc(N2CCC(N)CC2)ccc1Nc1c(CO)cnc2ccc(Cl)cc12. The highest BCUT2D eigenvalue weighted by Gasteiger charge is 2.18. The van der Waals surface area contributed by atoms with Gasteiger partial charge >= 0.3 is 0 Å². The first kappa shape index (κ1) is 19.8. The number of anilines is 3. The molecule has 0 radical (unpaired) electrons. The third-order valence-corrected chi connectivity index (χ3v) is 5.66. The number of methoxy groups -OCH3 is 1. The number of aromatic nitrogens is 1. The zero-order valence-electron chi connectivity index (χ0n) is 16.4. The maximum atomic E-state index is 9.83. The van der Waals surface area contributed by atoms with E-state index in [-0.39, 0.29) is 12.6 Å². The number of ether oxygens (including phenoxy) is 1. The Morgan fingerprint density at radius 1 is 1.24 bits per heavy atom. The molecule has 6 nitrogen and oxygen atoms in total. The lowest BCUT2D eigenvalue weighted by Crippen LogP contribution is -2.39. The molecule has 1 aliphatic heterocycles. The van der Waals surface area contributed by atoms with E-state index < -0.39 is 0 Å². The van der Waals surface area contributed by atoms with Crippen LogP contribution in [0.1, 0.15) is 18.4 Å². The lowest BCUT2D eigenvalue weighted by atomic mass is 10.1. The molecule has 0 bridgehead atoms. The van der Waals surface area contributed by atoms with Gasteiger partial charge in [-0.2, -0.15) is 0 Å². The van der Waals surface area contributed by atoms with Crippen LogP contribution in [0, 0.1) is 0 Å². The number of nitrogens with one attached hydrogen (secondary N) is 1. The lowest BCUT2D eigenvalue weighted by molar-refractivity contribution is 0.282. The van der Waals surface area contributed by atoms with E-state index in [1.807, 2.05) is 24.3 Å². The molecule has 0 spiro atoms. The summed E-state index contributed by atoms with van der Waals surface area (Å²) in [6.07, 6.45) is 3.66. The second-order valence-corrected chi connectivity index (χ2v) is 7.75. The summed E-state index contributed by atoms with van der Waals surface area (Å²) in [5.74, 6) is 0.730. The summed E-state index contributed by atoms with van der Waals surface area (Å²) in [4.78, 5) is 6.74. The van der Waals surface area contributed by atoms with Gasteiger partial charge in [0.05, 0.1) is 30.6 Å². The monoisotopic (exact) mass is 412 g/mol. The van der Waals surface area contributed by atoms with Crippen LogP contribution in [0.3, 0.4) is 0 Å². The molecule has 2 aromatic carbocycles. The second-order valence-electron chi connectivity index (χ2n) is 7.31. The third-order valence-electron chi connectivity index (χ3n) is 5.43. The van der Waals surface area contributed by atoms with E-state index in [1.54, 1.807) is 19.4 Å². The molecule has 3 aromatic rings. The van der Waals surface area contributed by atoms with Crippen molar-refractivity contribution in [1.82, 2.24) is 4.98 Å². The Bertz CT molecular complexity index is 1020. The molecule has 0 saturated carbocycles. The Morgan fingerprint density at radius 3 is 2.76 bits per heavy atom. The molecular weight excluding hydrogens is 388 g/mol. The van der Waals surface area contributed by atoms with E-state index in [0.29, 0.717) is 10.6 Å². The van der Waals surface area contributed by atoms with Gasteiger partial charge in [0.1, 0.15) is 5.75 Å². The molecule has 0 atom stereocenters. The fraction of sp³-hybridized carbons (Fsp3) is 0.318. The van der Waals surface area contributed by atoms with Crippen LogP contribution in [-0.2, 0) is 6.61 Å². The highest BCUT2D eigenvalue weighted by Crippen LogP contribution is 2.36. The number of benzene rings is 2. The van der Waals surface area contributed by atoms with Crippen molar-refractivity contribution in [2.75, 3.05) is 30.4 Å². The number of pyridine rings is 1. The van der Waals surface area contributed by atoms with Crippen LogP contribution in [-0.4, -0.2) is 36.3 Å². The Kier molecular flexibility index (Phi) is 5.76. The van der Waals surface area contributed by atoms with Crippen molar-refractivity contribution in [1.29, 1.82) is 0 Å². The molecule has 4 N–H and O–H groups in total. The van der Waals surface area contributed by atoms with Crippen molar-refractivity contribution >= 4 is 39.6 Å². The Hall–Kier alpha value is -2.54. The van der Waals surface area contributed by atoms with Gasteiger partial charge in [-0.3, -0.25) is 4.98 Å². The molecular formula is C22H25ClN4O2. The molecule has 152 valence electrons. The summed E-state index contributed by atoms with van der Waals surface area (Å²) in [6.45, 7) is 1.75. The highest BCUT2D eigenvalue weighted by molar-refractivity contribution is 6.31. The molecule has 0 aliphatic carbocycles. The van der Waals surface area contributed by atoms with Crippen molar-refractivity contribution in [3.8, 4) is 5.75 Å². The summed E-state index contributed by atoms with van der Waals surface area (Å²) in [7, 11) is 1.66. The van der Waals surface area contributed by atoms with Gasteiger partial charge in [-0.1, -0.05) is 11.6 Å². The summed E-state index contributed by atoms with van der Waals surface area (Å²) >= 11 is 6.21. The Labute approximate surface area is 175 Å². The van der Waals surface area contributed by atoms with Gasteiger partial charge in [-0.15, -0.1) is 0 Å². The first-order chi connectivity index (χ1) is 14.1. The fourth-order valence-corrected chi connectivity index (χ4v) is 3.92. The number of halogens is 1. The van der Waals surface area contributed by atoms with Crippen molar-refractivity contribution < 1.29 is 9.84 Å². The lowest BCUT2D eigenvalue weighted by Gasteiger charge is -2.32. The largest absolute Gasteiger partial charge is 0.494 e. The molecule has 29 heavy (non-hydrogen) atoms. The van der Waals surface area contributed by atoms with Crippen LogP contribution in [0.4, 0.5) is 17.1 Å². The molecule has 1 fully saturated rings. The van der Waals surface area contributed by atoms with E-state index in [1.165, 1.54) is 0 Å². The number of hydrogen-bond acceptors (Lipinski definition) is 6. The number of aliphatic hydroxyl groups excluding tert-OH is 1. The van der Waals surface area contributed by atoms with Gasteiger partial charge in [0.2, 0.25) is 0 Å². The summed E-state index contributed by atoms with van der Waals surface area (Å²) in [5, 5.41) is 14.7. The van der Waals surface area contributed by atoms with Gasteiger partial charge in [0.25, 0.3) is 0 Å². The minimum atomic E-state index is -0.133. The van der Waals surface area contributed by atoms with Crippen molar-refractivity contribution in [2.24, 2.45) is 5.73 Å². The van der Waals surface area contributed by atoms with E-state index in [4.69, 9.17) is 22.1 Å². The third kappa shape index (κ3) is 4.10. The van der Waals surface area contributed by atoms with E-state index >= 15 is 0 Å². The average molecular weight is 413 g/mol. The molecule has 1 aromatic heterocycles. The Balaban J connectivity index is 1.70. The van der Waals surface area contributed by atoms with Gasteiger partial charge in [0, 0.05) is 53.1 Å². The summed E-state index contributed by atoms with van der Waals surface area (Å²) in [5.41, 5.74) is 10.2. The van der Waals surface area contributed by atoms with Gasteiger partial charge in [-0.25, -0.2) is 0 Å². The van der Waals surface area contributed by atoms with Crippen molar-refractivity contribution in [2.45, 2.75) is 25.5 Å². The summed E-state index contributed by atoms with van der Waals surface area (Å²) < 4.78 is 5.66. The number of hydrogen-bond donors (Lipinski definition) is 3. The molecule has 0 amide bonds. The van der Waals surface area contributed by atoms with E-state index in [0.717, 1.165) is 59.6 Å². The van der Waals surface area contributed by atoms with Crippen molar-refractivity contribution in [3.05, 3.63) is 53.2 Å². The quantitative estimate of drug-likeness (QED) is 0.586. The molecule has 0 unspecified atom stereocenters. The predicted molar refractivity (Wildman–Crippen MR) is 118 cm³/mol. The zero-order chi connectivity index (χ0) is 20.4. The molecule has 1 saturated heterocycles. The van der Waals surface area contributed by atoms with Crippen LogP contribution in [0.15, 0.2) is 42.6 Å². The van der Waals surface area contributed by atoms with Gasteiger partial charge in [-0.05, 0) is 43.2 Å². The van der Waals surface area contributed by atoms with Crippen LogP contribution in [0.25, 0.3) is 10.9 Å². The van der Waals surface area contributed by atoms with Gasteiger partial charge < -0.3 is 25.8 Å². The topological polar surface area (TPSA) is 83.6 Å². The maximum absolute atomic E-state index is 9.83. The molecule has 4 rings (SSSR count).